The van der Waals surface area contributed by atoms with E-state index in [9.17, 15) is 0 Å². The molecule has 0 nitrogen and oxygen atoms in total. The molecule has 0 aromatic heterocycles. The second-order valence-electron chi connectivity index (χ2n) is 7.96. The monoisotopic (exact) mass is 342 g/mol. The summed E-state index contributed by atoms with van der Waals surface area (Å²) in [5, 5.41) is 0. The van der Waals surface area contributed by atoms with Gasteiger partial charge in [-0.25, -0.2) is 0 Å². The third kappa shape index (κ3) is 2.98. The fraction of sp³-hybridized carbons (Fsp3) is 0.308. The zero-order valence-electron chi connectivity index (χ0n) is 17.2. The highest BCUT2D eigenvalue weighted by Gasteiger charge is 2.32. The lowest BCUT2D eigenvalue weighted by Gasteiger charge is -2.34. The van der Waals surface area contributed by atoms with Crippen molar-refractivity contribution in [3.63, 3.8) is 0 Å². The van der Waals surface area contributed by atoms with Crippen LogP contribution in [0.1, 0.15) is 57.0 Å². The standard InChI is InChI=1S/C26H30/c1-17-13-24(14-18(2)21(17)5)26(7,23-11-9-8-10-12-23)25-15-19(3)22(6)20(4)16-25/h8-16H,1-7H3. The lowest BCUT2D eigenvalue weighted by atomic mass is 9.69. The van der Waals surface area contributed by atoms with Gasteiger partial charge in [0.1, 0.15) is 0 Å². The van der Waals surface area contributed by atoms with Gasteiger partial charge in [0.25, 0.3) is 0 Å². The van der Waals surface area contributed by atoms with Crippen LogP contribution in [0.15, 0.2) is 54.6 Å². The van der Waals surface area contributed by atoms with E-state index in [4.69, 9.17) is 0 Å². The Hall–Kier alpha value is -2.34. The molecule has 0 fully saturated rings. The maximum absolute atomic E-state index is 2.37. The Kier molecular flexibility index (Phi) is 4.80. The van der Waals surface area contributed by atoms with Crippen LogP contribution in [0.3, 0.4) is 0 Å². The van der Waals surface area contributed by atoms with E-state index in [0.29, 0.717) is 0 Å². The Balaban J connectivity index is 2.35. The van der Waals surface area contributed by atoms with Crippen LogP contribution in [0.2, 0.25) is 0 Å². The summed E-state index contributed by atoms with van der Waals surface area (Å²) in [5.41, 5.74) is 12.1. The molecule has 0 aliphatic carbocycles. The van der Waals surface area contributed by atoms with Crippen molar-refractivity contribution >= 4 is 0 Å². The predicted octanol–water partition coefficient (Wildman–Crippen LogP) is 6.89. The Labute approximate surface area is 158 Å². The molecule has 0 unspecified atom stereocenters. The quantitative estimate of drug-likeness (QED) is 0.454. The predicted molar refractivity (Wildman–Crippen MR) is 113 cm³/mol. The molecule has 0 saturated heterocycles. The second-order valence-corrected chi connectivity index (χ2v) is 7.96. The number of rotatable bonds is 3. The zero-order chi connectivity index (χ0) is 19.1. The molecule has 0 aliphatic rings. The number of hydrogen-bond acceptors (Lipinski definition) is 0. The van der Waals surface area contributed by atoms with Gasteiger partial charge in [-0.2, -0.15) is 0 Å². The average Bonchev–Trinajstić information content (AvgIpc) is 2.63. The van der Waals surface area contributed by atoms with Crippen molar-refractivity contribution in [2.24, 2.45) is 0 Å². The number of hydrogen-bond donors (Lipinski definition) is 0. The summed E-state index contributed by atoms with van der Waals surface area (Å²) >= 11 is 0. The molecule has 0 spiro atoms. The van der Waals surface area contributed by atoms with Gasteiger partial charge in [-0.1, -0.05) is 54.6 Å². The van der Waals surface area contributed by atoms with E-state index in [1.54, 1.807) is 0 Å². The largest absolute Gasteiger partial charge is 0.0622 e. The summed E-state index contributed by atoms with van der Waals surface area (Å²) in [5.74, 6) is 0. The smallest absolute Gasteiger partial charge is 0.0423 e. The van der Waals surface area contributed by atoms with Crippen LogP contribution in [0.5, 0.6) is 0 Å². The van der Waals surface area contributed by atoms with Crippen molar-refractivity contribution in [1.82, 2.24) is 0 Å². The van der Waals surface area contributed by atoms with E-state index in [1.165, 1.54) is 50.1 Å². The van der Waals surface area contributed by atoms with Gasteiger partial charge in [0.2, 0.25) is 0 Å². The molecular formula is C26H30. The summed E-state index contributed by atoms with van der Waals surface area (Å²) in [6, 6.07) is 20.4. The van der Waals surface area contributed by atoms with Gasteiger partial charge in [-0.3, -0.25) is 0 Å². The Morgan fingerprint density at radius 2 is 0.846 bits per heavy atom. The maximum Gasteiger partial charge on any atom is 0.0423 e. The Morgan fingerprint density at radius 3 is 1.19 bits per heavy atom. The summed E-state index contributed by atoms with van der Waals surface area (Å²) in [6.07, 6.45) is 0. The first-order chi connectivity index (χ1) is 12.2. The van der Waals surface area contributed by atoms with Crippen LogP contribution in [-0.4, -0.2) is 0 Å². The van der Waals surface area contributed by atoms with Gasteiger partial charge >= 0.3 is 0 Å². The van der Waals surface area contributed by atoms with Crippen LogP contribution >= 0.6 is 0 Å². The van der Waals surface area contributed by atoms with Crippen molar-refractivity contribution < 1.29 is 0 Å². The first-order valence-corrected chi connectivity index (χ1v) is 9.47. The van der Waals surface area contributed by atoms with Crippen LogP contribution in [0.25, 0.3) is 0 Å². The molecule has 134 valence electrons. The van der Waals surface area contributed by atoms with Crippen LogP contribution in [0, 0.1) is 41.5 Å². The molecule has 0 bridgehead atoms. The lowest BCUT2D eigenvalue weighted by Crippen LogP contribution is -2.26. The summed E-state index contributed by atoms with van der Waals surface area (Å²) in [6.45, 7) is 15.7. The molecular weight excluding hydrogens is 312 g/mol. The van der Waals surface area contributed by atoms with Crippen LogP contribution in [-0.2, 0) is 5.41 Å². The highest BCUT2D eigenvalue weighted by molar-refractivity contribution is 5.54. The maximum atomic E-state index is 2.37. The van der Waals surface area contributed by atoms with Crippen LogP contribution in [0.4, 0.5) is 0 Å². The fourth-order valence-electron chi connectivity index (χ4n) is 3.92. The van der Waals surface area contributed by atoms with Gasteiger partial charge < -0.3 is 0 Å². The van der Waals surface area contributed by atoms with Gasteiger partial charge in [-0.15, -0.1) is 0 Å². The number of aryl methyl sites for hydroxylation is 4. The van der Waals surface area contributed by atoms with E-state index in [2.05, 4.69) is 103 Å². The van der Waals surface area contributed by atoms with Crippen molar-refractivity contribution in [2.45, 2.75) is 53.9 Å². The van der Waals surface area contributed by atoms with E-state index >= 15 is 0 Å². The Morgan fingerprint density at radius 1 is 0.500 bits per heavy atom. The van der Waals surface area contributed by atoms with E-state index in [1.807, 2.05) is 0 Å². The third-order valence-corrected chi connectivity index (χ3v) is 6.36. The molecule has 26 heavy (non-hydrogen) atoms. The van der Waals surface area contributed by atoms with Crippen LogP contribution < -0.4 is 0 Å². The van der Waals surface area contributed by atoms with Gasteiger partial charge in [0.05, 0.1) is 0 Å². The molecule has 0 amide bonds. The normalized spacial score (nSPS) is 11.7. The molecule has 0 saturated carbocycles. The highest BCUT2D eigenvalue weighted by atomic mass is 14.3. The minimum absolute atomic E-state index is 0.173. The molecule has 3 aromatic carbocycles. The highest BCUT2D eigenvalue weighted by Crippen LogP contribution is 2.41. The molecule has 3 aromatic rings. The molecule has 0 heteroatoms. The van der Waals surface area contributed by atoms with Gasteiger partial charge in [0.15, 0.2) is 0 Å². The van der Waals surface area contributed by atoms with Gasteiger partial charge in [0, 0.05) is 5.41 Å². The van der Waals surface area contributed by atoms with E-state index in [-0.39, 0.29) is 5.41 Å². The SMILES string of the molecule is Cc1cc(C(C)(c2ccccc2)c2cc(C)c(C)c(C)c2)cc(C)c1C. The molecule has 0 atom stereocenters. The molecule has 0 heterocycles. The molecule has 0 aliphatic heterocycles. The van der Waals surface area contributed by atoms with E-state index in [0.717, 1.165) is 0 Å². The van der Waals surface area contributed by atoms with Crippen molar-refractivity contribution in [1.29, 1.82) is 0 Å². The minimum Gasteiger partial charge on any atom is -0.0622 e. The molecule has 0 radical (unpaired) electrons. The van der Waals surface area contributed by atoms with E-state index < -0.39 is 0 Å². The average molecular weight is 343 g/mol. The van der Waals surface area contributed by atoms with Crippen molar-refractivity contribution in [3.8, 4) is 0 Å². The lowest BCUT2D eigenvalue weighted by molar-refractivity contribution is 0.688. The van der Waals surface area contributed by atoms with Crippen molar-refractivity contribution in [3.05, 3.63) is 105 Å². The summed E-state index contributed by atoms with van der Waals surface area (Å²) in [7, 11) is 0. The summed E-state index contributed by atoms with van der Waals surface area (Å²) < 4.78 is 0. The van der Waals surface area contributed by atoms with Crippen molar-refractivity contribution in [2.75, 3.05) is 0 Å². The second kappa shape index (κ2) is 6.76. The first-order valence-electron chi connectivity index (χ1n) is 9.47. The third-order valence-electron chi connectivity index (χ3n) is 6.36. The zero-order valence-corrected chi connectivity index (χ0v) is 17.2. The molecule has 0 N–H and O–H groups in total. The minimum atomic E-state index is -0.173. The summed E-state index contributed by atoms with van der Waals surface area (Å²) in [4.78, 5) is 0. The Bertz CT molecular complexity index is 842. The molecule has 3 rings (SSSR count). The van der Waals surface area contributed by atoms with Gasteiger partial charge in [-0.05, 0) is 98.5 Å². The topological polar surface area (TPSA) is 0 Å². The fourth-order valence-corrected chi connectivity index (χ4v) is 3.92. The number of benzene rings is 3. The first kappa shape index (κ1) is 18.5.